The van der Waals surface area contributed by atoms with E-state index in [1.165, 1.54) is 0 Å². The van der Waals surface area contributed by atoms with E-state index in [1.54, 1.807) is 6.20 Å². The van der Waals surface area contributed by atoms with Crippen molar-refractivity contribution in [3.8, 4) is 11.3 Å². The molecule has 0 aliphatic heterocycles. The number of nitrogens with zero attached hydrogens (tertiary/aromatic N) is 3. The highest BCUT2D eigenvalue weighted by atomic mass is 16.1. The monoisotopic (exact) mass is 370 g/mol. The quantitative estimate of drug-likeness (QED) is 0.563. The van der Waals surface area contributed by atoms with Gasteiger partial charge in [0.25, 0.3) is 5.91 Å². The number of hydrogen-bond donors (Lipinski definition) is 1. The van der Waals surface area contributed by atoms with Crippen molar-refractivity contribution in [3.05, 3.63) is 77.1 Å². The maximum atomic E-state index is 13.2. The molecule has 1 amide bonds. The van der Waals surface area contributed by atoms with E-state index < -0.39 is 0 Å². The molecule has 2 aromatic heterocycles. The number of carbonyl (C=O) groups is 1. The van der Waals surface area contributed by atoms with Gasteiger partial charge in [-0.3, -0.25) is 9.48 Å². The molecule has 5 heteroatoms. The Bertz CT molecular complexity index is 1210. The Labute approximate surface area is 164 Å². The maximum absolute atomic E-state index is 13.2. The van der Waals surface area contributed by atoms with Gasteiger partial charge in [-0.1, -0.05) is 30.3 Å². The number of aryl methyl sites for hydroxylation is 3. The summed E-state index contributed by atoms with van der Waals surface area (Å²) in [4.78, 5) is 18.0. The number of para-hydroxylation sites is 1. The van der Waals surface area contributed by atoms with Crippen molar-refractivity contribution in [2.45, 2.75) is 20.8 Å². The molecule has 28 heavy (non-hydrogen) atoms. The lowest BCUT2D eigenvalue weighted by Gasteiger charge is -2.12. The molecule has 5 nitrogen and oxygen atoms in total. The fraction of sp³-hybridized carbons (Fsp3) is 0.174. The standard InChI is InChI=1S/C23H22N4O/c1-14-9-10-15(2)21(11-14)26-23(28)18-12-22(19-13-24-27(4)16(19)3)25-20-8-6-5-7-17(18)20/h5-13H,1-4H3,(H,26,28). The first kappa shape index (κ1) is 17.9. The smallest absolute Gasteiger partial charge is 0.256 e. The second-order valence-electron chi connectivity index (χ2n) is 7.11. The average Bonchev–Trinajstić information content (AvgIpc) is 3.02. The van der Waals surface area contributed by atoms with Crippen molar-refractivity contribution < 1.29 is 4.79 Å². The molecule has 0 fully saturated rings. The second kappa shape index (κ2) is 6.93. The Morgan fingerprint density at radius 2 is 1.82 bits per heavy atom. The van der Waals surface area contributed by atoms with Crippen LogP contribution < -0.4 is 5.32 Å². The summed E-state index contributed by atoms with van der Waals surface area (Å²) in [5, 5.41) is 8.21. The highest BCUT2D eigenvalue weighted by Crippen LogP contribution is 2.28. The van der Waals surface area contributed by atoms with Crippen molar-refractivity contribution >= 4 is 22.5 Å². The number of rotatable bonds is 3. The molecular formula is C23H22N4O. The zero-order valence-corrected chi connectivity index (χ0v) is 16.4. The number of fused-ring (bicyclic) bond motifs is 1. The van der Waals surface area contributed by atoms with Crippen LogP contribution in [0.2, 0.25) is 0 Å². The molecule has 0 saturated heterocycles. The first-order valence-corrected chi connectivity index (χ1v) is 9.21. The molecular weight excluding hydrogens is 348 g/mol. The van der Waals surface area contributed by atoms with Gasteiger partial charge < -0.3 is 5.32 Å². The normalized spacial score (nSPS) is 11.0. The summed E-state index contributed by atoms with van der Waals surface area (Å²) >= 11 is 0. The van der Waals surface area contributed by atoms with E-state index in [1.807, 2.05) is 81.0 Å². The van der Waals surface area contributed by atoms with Crippen LogP contribution in [0.3, 0.4) is 0 Å². The van der Waals surface area contributed by atoms with Gasteiger partial charge >= 0.3 is 0 Å². The zero-order valence-electron chi connectivity index (χ0n) is 16.4. The number of anilines is 1. The zero-order chi connectivity index (χ0) is 19.8. The Kier molecular flexibility index (Phi) is 4.43. The van der Waals surface area contributed by atoms with Crippen LogP contribution in [0, 0.1) is 20.8 Å². The number of amides is 1. The number of hydrogen-bond acceptors (Lipinski definition) is 3. The average molecular weight is 370 g/mol. The molecule has 0 unspecified atom stereocenters. The highest BCUT2D eigenvalue weighted by Gasteiger charge is 2.17. The fourth-order valence-corrected chi connectivity index (χ4v) is 3.31. The van der Waals surface area contributed by atoms with Crippen LogP contribution in [0.5, 0.6) is 0 Å². The Hall–Kier alpha value is -3.47. The van der Waals surface area contributed by atoms with E-state index in [4.69, 9.17) is 4.98 Å². The third-order valence-electron chi connectivity index (χ3n) is 5.11. The Morgan fingerprint density at radius 1 is 1.04 bits per heavy atom. The molecule has 2 heterocycles. The van der Waals surface area contributed by atoms with Gasteiger partial charge in [-0.15, -0.1) is 0 Å². The second-order valence-corrected chi connectivity index (χ2v) is 7.11. The topological polar surface area (TPSA) is 59.8 Å². The number of pyridine rings is 1. The molecule has 0 aliphatic carbocycles. The SMILES string of the molecule is Cc1ccc(C)c(NC(=O)c2cc(-c3cnn(C)c3C)nc3ccccc23)c1. The van der Waals surface area contributed by atoms with Crippen LogP contribution in [0.25, 0.3) is 22.2 Å². The molecule has 140 valence electrons. The summed E-state index contributed by atoms with van der Waals surface area (Å²) in [5.41, 5.74) is 7.02. The number of nitrogens with one attached hydrogen (secondary N) is 1. The molecule has 0 spiro atoms. The molecule has 0 saturated carbocycles. The molecule has 2 aromatic carbocycles. The van der Waals surface area contributed by atoms with Crippen LogP contribution in [0.4, 0.5) is 5.69 Å². The molecule has 4 aromatic rings. The lowest BCUT2D eigenvalue weighted by Crippen LogP contribution is -2.14. The minimum absolute atomic E-state index is 0.143. The Balaban J connectivity index is 1.84. The lowest BCUT2D eigenvalue weighted by atomic mass is 10.0. The largest absolute Gasteiger partial charge is 0.322 e. The number of carbonyl (C=O) groups excluding carboxylic acids is 1. The van der Waals surface area contributed by atoms with Gasteiger partial charge in [0.05, 0.1) is 23.0 Å². The van der Waals surface area contributed by atoms with Gasteiger partial charge in [0.2, 0.25) is 0 Å². The Morgan fingerprint density at radius 3 is 2.57 bits per heavy atom. The predicted octanol–water partition coefficient (Wildman–Crippen LogP) is 4.81. The maximum Gasteiger partial charge on any atom is 0.256 e. The van der Waals surface area contributed by atoms with Crippen LogP contribution in [0.1, 0.15) is 27.2 Å². The van der Waals surface area contributed by atoms with Crippen molar-refractivity contribution in [2.24, 2.45) is 7.05 Å². The van der Waals surface area contributed by atoms with Gasteiger partial charge in [-0.2, -0.15) is 5.10 Å². The summed E-state index contributed by atoms with van der Waals surface area (Å²) in [5.74, 6) is -0.143. The molecule has 0 radical (unpaired) electrons. The van der Waals surface area contributed by atoms with Crippen LogP contribution in [-0.2, 0) is 7.05 Å². The van der Waals surface area contributed by atoms with E-state index in [9.17, 15) is 4.79 Å². The van der Waals surface area contributed by atoms with Crippen molar-refractivity contribution in [1.82, 2.24) is 14.8 Å². The van der Waals surface area contributed by atoms with Crippen molar-refractivity contribution in [1.29, 1.82) is 0 Å². The number of benzene rings is 2. The minimum atomic E-state index is -0.143. The van der Waals surface area contributed by atoms with E-state index in [-0.39, 0.29) is 5.91 Å². The first-order chi connectivity index (χ1) is 13.4. The van der Waals surface area contributed by atoms with Gasteiger partial charge in [0, 0.05) is 29.4 Å². The minimum Gasteiger partial charge on any atom is -0.322 e. The van der Waals surface area contributed by atoms with Crippen molar-refractivity contribution in [2.75, 3.05) is 5.32 Å². The number of aromatic nitrogens is 3. The van der Waals surface area contributed by atoms with Crippen molar-refractivity contribution in [3.63, 3.8) is 0 Å². The van der Waals surface area contributed by atoms with E-state index in [2.05, 4.69) is 10.4 Å². The van der Waals surface area contributed by atoms with E-state index in [0.717, 1.165) is 44.7 Å². The predicted molar refractivity (Wildman–Crippen MR) is 113 cm³/mol. The van der Waals surface area contributed by atoms with Gasteiger partial charge in [0.1, 0.15) is 0 Å². The third kappa shape index (κ3) is 3.16. The van der Waals surface area contributed by atoms with Gasteiger partial charge in [-0.05, 0) is 50.1 Å². The lowest BCUT2D eigenvalue weighted by molar-refractivity contribution is 0.102. The fourth-order valence-electron chi connectivity index (χ4n) is 3.31. The van der Waals surface area contributed by atoms with Gasteiger partial charge in [0.15, 0.2) is 0 Å². The summed E-state index contributed by atoms with van der Waals surface area (Å²) < 4.78 is 1.81. The summed E-state index contributed by atoms with van der Waals surface area (Å²) in [7, 11) is 1.90. The molecule has 0 bridgehead atoms. The van der Waals surface area contributed by atoms with Gasteiger partial charge in [-0.25, -0.2) is 4.98 Å². The summed E-state index contributed by atoms with van der Waals surface area (Å²) in [6.45, 7) is 6.00. The van der Waals surface area contributed by atoms with Crippen LogP contribution in [0.15, 0.2) is 54.7 Å². The molecule has 1 N–H and O–H groups in total. The van der Waals surface area contributed by atoms with Crippen LogP contribution in [-0.4, -0.2) is 20.7 Å². The van der Waals surface area contributed by atoms with E-state index >= 15 is 0 Å². The third-order valence-corrected chi connectivity index (χ3v) is 5.11. The summed E-state index contributed by atoms with van der Waals surface area (Å²) in [6, 6.07) is 15.6. The van der Waals surface area contributed by atoms with Crippen LogP contribution >= 0.6 is 0 Å². The molecule has 0 atom stereocenters. The first-order valence-electron chi connectivity index (χ1n) is 9.21. The molecule has 0 aliphatic rings. The van der Waals surface area contributed by atoms with E-state index in [0.29, 0.717) is 5.56 Å². The highest BCUT2D eigenvalue weighted by molar-refractivity contribution is 6.13. The summed E-state index contributed by atoms with van der Waals surface area (Å²) in [6.07, 6.45) is 1.79. The molecule has 4 rings (SSSR count).